The van der Waals surface area contributed by atoms with Gasteiger partial charge in [0.1, 0.15) is 15.9 Å². The number of carbonyl (C=O) groups is 1. The van der Waals surface area contributed by atoms with E-state index in [4.69, 9.17) is 23.2 Å². The van der Waals surface area contributed by atoms with Crippen molar-refractivity contribution in [3.8, 4) is 11.8 Å². The summed E-state index contributed by atoms with van der Waals surface area (Å²) < 4.78 is 15.6. The highest BCUT2D eigenvalue weighted by molar-refractivity contribution is 7.90. The number of phenolic OH excluding ortho intramolecular Hbond substituents is 1. The average molecular weight is 472 g/mol. The van der Waals surface area contributed by atoms with Gasteiger partial charge in [-0.3, -0.25) is 4.79 Å². The molecule has 1 aliphatic heterocycles. The zero-order chi connectivity index (χ0) is 22.3. The van der Waals surface area contributed by atoms with Gasteiger partial charge >= 0.3 is 0 Å². The zero-order valence-electron chi connectivity index (χ0n) is 17.4. The van der Waals surface area contributed by atoms with Gasteiger partial charge < -0.3 is 14.6 Å². The maximum atomic E-state index is 12.9. The van der Waals surface area contributed by atoms with E-state index in [0.717, 1.165) is 0 Å². The number of hydrogen-bond acceptors (Lipinski definition) is 5. The van der Waals surface area contributed by atoms with Crippen molar-refractivity contribution in [2.75, 3.05) is 13.1 Å². The zero-order valence-corrected chi connectivity index (χ0v) is 19.7. The van der Waals surface area contributed by atoms with Crippen molar-refractivity contribution in [1.29, 1.82) is 5.26 Å². The summed E-state index contributed by atoms with van der Waals surface area (Å²) in [6.45, 7) is 6.67. The Bertz CT molecular complexity index is 856. The lowest BCUT2D eigenvalue weighted by atomic mass is 9.85. The van der Waals surface area contributed by atoms with Gasteiger partial charge in [0.25, 0.3) is 0 Å². The molecule has 3 rings (SSSR count). The fourth-order valence-electron chi connectivity index (χ4n) is 3.74. The summed E-state index contributed by atoms with van der Waals surface area (Å²) >= 11 is 10.9. The van der Waals surface area contributed by atoms with Crippen molar-refractivity contribution in [2.24, 2.45) is 11.3 Å². The third-order valence-electron chi connectivity index (χ3n) is 5.87. The number of likely N-dealkylation sites (tertiary alicyclic amines) is 1. The summed E-state index contributed by atoms with van der Waals surface area (Å²) in [6, 6.07) is 4.77. The average Bonchev–Trinajstić information content (AvgIpc) is 3.49. The lowest BCUT2D eigenvalue weighted by molar-refractivity contribution is -0.136. The Kier molecular flexibility index (Phi) is 6.86. The van der Waals surface area contributed by atoms with E-state index in [0.29, 0.717) is 49.4 Å². The first kappa shape index (κ1) is 23.5. The van der Waals surface area contributed by atoms with Crippen LogP contribution in [0.4, 0.5) is 0 Å². The van der Waals surface area contributed by atoms with Crippen LogP contribution in [0.25, 0.3) is 0 Å². The standard InChI is InChI=1S/C21H27Cl2N3O3S/c1-20(2,3)30(29)25-18(14-10-15(22)16(23)11-17(14)27)13-4-8-26(9-5-13)19(28)21(12-24)6-7-21/h10-11,13,18,25,27H,4-9H2,1-3H3. The lowest BCUT2D eigenvalue weighted by Crippen LogP contribution is -2.47. The van der Waals surface area contributed by atoms with Crippen LogP contribution in [0, 0.1) is 22.7 Å². The largest absolute Gasteiger partial charge is 0.598 e. The highest BCUT2D eigenvalue weighted by atomic mass is 35.5. The minimum Gasteiger partial charge on any atom is -0.598 e. The second kappa shape index (κ2) is 8.76. The molecule has 2 fully saturated rings. The van der Waals surface area contributed by atoms with Gasteiger partial charge in [-0.1, -0.05) is 23.2 Å². The fourth-order valence-corrected chi connectivity index (χ4v) is 4.98. The van der Waals surface area contributed by atoms with Gasteiger partial charge in [0.2, 0.25) is 5.91 Å². The van der Waals surface area contributed by atoms with Gasteiger partial charge in [0.05, 0.1) is 22.2 Å². The minimum atomic E-state index is -1.37. The molecular weight excluding hydrogens is 445 g/mol. The van der Waals surface area contributed by atoms with E-state index in [1.807, 2.05) is 20.8 Å². The Morgan fingerprint density at radius 1 is 1.33 bits per heavy atom. The van der Waals surface area contributed by atoms with E-state index in [1.165, 1.54) is 6.07 Å². The SMILES string of the molecule is CC(C)(C)[S+]([O-])NC(c1cc(Cl)c(Cl)cc1O)C1CCN(C(=O)C2(C#N)CC2)CC1. The molecule has 1 heterocycles. The number of nitrogens with one attached hydrogen (secondary N) is 1. The molecule has 0 radical (unpaired) electrons. The van der Waals surface area contributed by atoms with E-state index in [9.17, 15) is 19.7 Å². The molecule has 9 heteroatoms. The van der Waals surface area contributed by atoms with Crippen molar-refractivity contribution < 1.29 is 14.5 Å². The number of hydrogen-bond donors (Lipinski definition) is 2. The number of nitrogens with zero attached hydrogens (tertiary/aromatic N) is 2. The summed E-state index contributed by atoms with van der Waals surface area (Å²) in [6.07, 6.45) is 2.58. The Balaban J connectivity index is 1.81. The van der Waals surface area contributed by atoms with Gasteiger partial charge in [0.15, 0.2) is 0 Å². The number of rotatable bonds is 5. The molecular formula is C21H27Cl2N3O3S. The first-order valence-corrected chi connectivity index (χ1v) is 12.0. The monoisotopic (exact) mass is 471 g/mol. The molecule has 1 aromatic carbocycles. The quantitative estimate of drug-likeness (QED) is 0.622. The number of aromatic hydroxyl groups is 1. The fraction of sp³-hybridized carbons (Fsp3) is 0.619. The number of piperidine rings is 1. The highest BCUT2D eigenvalue weighted by Crippen LogP contribution is 2.47. The molecule has 164 valence electrons. The molecule has 2 N–H and O–H groups in total. The number of halogens is 2. The Morgan fingerprint density at radius 3 is 2.40 bits per heavy atom. The maximum absolute atomic E-state index is 12.9. The van der Waals surface area contributed by atoms with Crippen LogP contribution in [0.3, 0.4) is 0 Å². The van der Waals surface area contributed by atoms with Crippen LogP contribution < -0.4 is 4.72 Å². The molecule has 1 amide bonds. The second-order valence-electron chi connectivity index (χ2n) is 9.13. The van der Waals surface area contributed by atoms with Crippen molar-refractivity contribution in [1.82, 2.24) is 9.62 Å². The first-order valence-electron chi connectivity index (χ1n) is 10.0. The third-order valence-corrected chi connectivity index (χ3v) is 8.17. The van der Waals surface area contributed by atoms with Crippen LogP contribution in [0.15, 0.2) is 12.1 Å². The molecule has 1 aromatic rings. The Morgan fingerprint density at radius 2 is 1.90 bits per heavy atom. The van der Waals surface area contributed by atoms with Crippen molar-refractivity contribution in [3.63, 3.8) is 0 Å². The first-order chi connectivity index (χ1) is 14.0. The second-order valence-corrected chi connectivity index (χ2v) is 11.9. The maximum Gasteiger partial charge on any atom is 0.243 e. The van der Waals surface area contributed by atoms with Crippen LogP contribution >= 0.6 is 23.2 Å². The topological polar surface area (TPSA) is 99.4 Å². The van der Waals surface area contributed by atoms with Gasteiger partial charge in [-0.15, -0.1) is 4.72 Å². The van der Waals surface area contributed by atoms with Crippen LogP contribution in [-0.4, -0.2) is 38.3 Å². The number of benzene rings is 1. The van der Waals surface area contributed by atoms with Gasteiger partial charge in [-0.25, -0.2) is 0 Å². The molecule has 30 heavy (non-hydrogen) atoms. The van der Waals surface area contributed by atoms with Crippen LogP contribution in [0.1, 0.15) is 58.1 Å². The molecule has 1 saturated carbocycles. The number of nitriles is 1. The van der Waals surface area contributed by atoms with Crippen molar-refractivity contribution in [2.45, 2.75) is 57.2 Å². The van der Waals surface area contributed by atoms with Crippen molar-refractivity contribution in [3.05, 3.63) is 27.7 Å². The Labute approximate surface area is 190 Å². The summed E-state index contributed by atoms with van der Waals surface area (Å²) in [5.74, 6) is -0.0583. The number of amides is 1. The van der Waals surface area contributed by atoms with E-state index in [1.54, 1.807) is 11.0 Å². The molecule has 0 spiro atoms. The van der Waals surface area contributed by atoms with E-state index in [-0.39, 0.29) is 22.6 Å². The predicted octanol–water partition coefficient (Wildman–Crippen LogP) is 4.33. The van der Waals surface area contributed by atoms with Gasteiger partial charge in [0, 0.05) is 36.1 Å². The molecule has 2 unspecified atom stereocenters. The molecule has 6 nitrogen and oxygen atoms in total. The summed E-state index contributed by atoms with van der Waals surface area (Å²) in [5, 5.41) is 20.4. The molecule has 0 bridgehead atoms. The minimum absolute atomic E-state index is 0.00673. The summed E-state index contributed by atoms with van der Waals surface area (Å²) in [4.78, 5) is 14.4. The van der Waals surface area contributed by atoms with Gasteiger partial charge in [-0.2, -0.15) is 5.26 Å². The smallest absolute Gasteiger partial charge is 0.243 e. The molecule has 0 aromatic heterocycles. The summed E-state index contributed by atoms with van der Waals surface area (Å²) in [5.41, 5.74) is -0.275. The normalized spacial score (nSPS) is 21.0. The van der Waals surface area contributed by atoms with Crippen LogP contribution in [0.2, 0.25) is 10.0 Å². The van der Waals surface area contributed by atoms with E-state index < -0.39 is 27.6 Å². The molecule has 1 aliphatic carbocycles. The number of carbonyl (C=O) groups excluding carboxylic acids is 1. The van der Waals surface area contributed by atoms with Crippen LogP contribution in [-0.2, 0) is 16.2 Å². The highest BCUT2D eigenvalue weighted by Gasteiger charge is 2.53. The number of phenols is 1. The molecule has 2 atom stereocenters. The third kappa shape index (κ3) is 4.84. The Hall–Kier alpha value is -1.17. The van der Waals surface area contributed by atoms with E-state index in [2.05, 4.69) is 10.8 Å². The summed E-state index contributed by atoms with van der Waals surface area (Å²) in [7, 11) is 0. The molecule has 2 aliphatic rings. The lowest BCUT2D eigenvalue weighted by Gasteiger charge is -2.38. The van der Waals surface area contributed by atoms with E-state index >= 15 is 0 Å². The molecule has 1 saturated heterocycles. The van der Waals surface area contributed by atoms with Crippen LogP contribution in [0.5, 0.6) is 5.75 Å². The van der Waals surface area contributed by atoms with Gasteiger partial charge in [-0.05, 0) is 58.4 Å². The predicted molar refractivity (Wildman–Crippen MR) is 118 cm³/mol. The van der Waals surface area contributed by atoms with Crippen molar-refractivity contribution >= 4 is 40.5 Å².